The maximum absolute atomic E-state index is 13.5. The fraction of sp³-hybridized carbons (Fsp3) is 0.125. The Labute approximate surface area is 140 Å². The molecule has 0 saturated heterocycles. The molecule has 2 aromatic rings. The summed E-state index contributed by atoms with van der Waals surface area (Å²) in [6.07, 6.45) is -0.899. The van der Waals surface area contributed by atoms with Crippen LogP contribution in [0.2, 0.25) is 0 Å². The summed E-state index contributed by atoms with van der Waals surface area (Å²) in [4.78, 5) is 23.1. The predicted octanol–water partition coefficient (Wildman–Crippen LogP) is 3.64. The van der Waals surface area contributed by atoms with Gasteiger partial charge >= 0.3 is 12.1 Å². The second-order valence-corrected chi connectivity index (χ2v) is 5.51. The molecular formula is C16H13BrFNO4. The van der Waals surface area contributed by atoms with Crippen LogP contribution in [-0.2, 0) is 16.1 Å². The van der Waals surface area contributed by atoms with Crippen molar-refractivity contribution in [3.8, 4) is 0 Å². The Hall–Kier alpha value is -2.41. The van der Waals surface area contributed by atoms with Gasteiger partial charge < -0.3 is 15.2 Å². The summed E-state index contributed by atoms with van der Waals surface area (Å²) in [6.45, 7) is 0.00765. The van der Waals surface area contributed by atoms with E-state index in [0.717, 1.165) is 11.6 Å². The van der Waals surface area contributed by atoms with Crippen molar-refractivity contribution >= 4 is 28.0 Å². The second-order valence-electron chi connectivity index (χ2n) is 4.65. The maximum atomic E-state index is 13.5. The van der Waals surface area contributed by atoms with Crippen LogP contribution in [0.25, 0.3) is 0 Å². The molecule has 23 heavy (non-hydrogen) atoms. The van der Waals surface area contributed by atoms with E-state index in [1.54, 1.807) is 24.3 Å². The number of halogens is 2. The fourth-order valence-corrected chi connectivity index (χ4v) is 2.11. The van der Waals surface area contributed by atoms with Gasteiger partial charge in [-0.05, 0) is 39.2 Å². The Kier molecular flexibility index (Phi) is 5.70. The number of rotatable bonds is 5. The van der Waals surface area contributed by atoms with Gasteiger partial charge in [-0.25, -0.2) is 14.0 Å². The first-order valence-electron chi connectivity index (χ1n) is 6.62. The van der Waals surface area contributed by atoms with E-state index < -0.39 is 23.9 Å². The molecule has 2 aromatic carbocycles. The third kappa shape index (κ3) is 4.79. The molecule has 0 aliphatic heterocycles. The molecule has 5 nitrogen and oxygen atoms in total. The number of hydrogen-bond donors (Lipinski definition) is 2. The minimum Gasteiger partial charge on any atom is -0.479 e. The van der Waals surface area contributed by atoms with Crippen molar-refractivity contribution in [3.63, 3.8) is 0 Å². The Morgan fingerprint density at radius 2 is 1.91 bits per heavy atom. The van der Waals surface area contributed by atoms with Gasteiger partial charge in [0.05, 0.1) is 4.47 Å². The first kappa shape index (κ1) is 17.0. The molecule has 0 fully saturated rings. The molecule has 120 valence electrons. The summed E-state index contributed by atoms with van der Waals surface area (Å²) >= 11 is 2.98. The highest BCUT2D eigenvalue weighted by Crippen LogP contribution is 2.21. The lowest BCUT2D eigenvalue weighted by Crippen LogP contribution is -2.34. The molecule has 2 rings (SSSR count). The van der Waals surface area contributed by atoms with Crippen LogP contribution in [0.1, 0.15) is 17.2 Å². The normalized spacial score (nSPS) is 11.6. The summed E-state index contributed by atoms with van der Waals surface area (Å²) < 4.78 is 18.7. The van der Waals surface area contributed by atoms with E-state index >= 15 is 0 Å². The van der Waals surface area contributed by atoms with Crippen molar-refractivity contribution in [1.82, 2.24) is 5.32 Å². The van der Waals surface area contributed by atoms with Crippen LogP contribution in [0.15, 0.2) is 53.0 Å². The van der Waals surface area contributed by atoms with Crippen molar-refractivity contribution in [2.45, 2.75) is 12.6 Å². The maximum Gasteiger partial charge on any atom is 0.408 e. The van der Waals surface area contributed by atoms with Crippen LogP contribution in [0.4, 0.5) is 9.18 Å². The SMILES string of the molecule is O=C(NC(C(=O)O)c1ccc(Br)c(F)c1)OCc1ccccc1. The molecule has 0 spiro atoms. The van der Waals surface area contributed by atoms with E-state index in [-0.39, 0.29) is 16.6 Å². The number of nitrogens with one attached hydrogen (secondary N) is 1. The Morgan fingerprint density at radius 3 is 2.52 bits per heavy atom. The molecule has 7 heteroatoms. The van der Waals surface area contributed by atoms with Crippen molar-refractivity contribution in [2.75, 3.05) is 0 Å². The number of carbonyl (C=O) groups is 2. The molecule has 1 unspecified atom stereocenters. The first-order valence-corrected chi connectivity index (χ1v) is 7.41. The lowest BCUT2D eigenvalue weighted by Gasteiger charge is -2.15. The number of hydrogen-bond acceptors (Lipinski definition) is 3. The topological polar surface area (TPSA) is 75.6 Å². The molecule has 0 aliphatic carbocycles. The molecule has 0 aliphatic rings. The lowest BCUT2D eigenvalue weighted by atomic mass is 10.1. The summed E-state index contributed by atoms with van der Waals surface area (Å²) in [5.41, 5.74) is 0.874. The van der Waals surface area contributed by atoms with Crippen LogP contribution in [0, 0.1) is 5.82 Å². The minimum atomic E-state index is -1.40. The van der Waals surface area contributed by atoms with Crippen molar-refractivity contribution in [2.24, 2.45) is 0 Å². The van der Waals surface area contributed by atoms with E-state index in [9.17, 15) is 19.1 Å². The zero-order valence-corrected chi connectivity index (χ0v) is 13.4. The molecule has 0 radical (unpaired) electrons. The van der Waals surface area contributed by atoms with E-state index in [1.165, 1.54) is 12.1 Å². The number of amides is 1. The third-order valence-corrected chi connectivity index (χ3v) is 3.64. The summed E-state index contributed by atoms with van der Waals surface area (Å²) in [5, 5.41) is 11.4. The van der Waals surface area contributed by atoms with E-state index in [0.29, 0.717) is 0 Å². The van der Waals surface area contributed by atoms with Crippen LogP contribution in [0.3, 0.4) is 0 Å². The third-order valence-electron chi connectivity index (χ3n) is 3.00. The Bertz CT molecular complexity index is 708. The van der Waals surface area contributed by atoms with Crippen molar-refractivity contribution < 1.29 is 23.8 Å². The molecule has 2 N–H and O–H groups in total. The molecular weight excluding hydrogens is 369 g/mol. The number of benzene rings is 2. The standard InChI is InChI=1S/C16H13BrFNO4/c17-12-7-6-11(8-13(12)18)14(15(20)21)19-16(22)23-9-10-4-2-1-3-5-10/h1-8,14H,9H2,(H,19,22)(H,20,21). The number of alkyl carbamates (subject to hydrolysis) is 1. The second kappa shape index (κ2) is 7.73. The monoisotopic (exact) mass is 381 g/mol. The van der Waals surface area contributed by atoms with Gasteiger partial charge in [-0.15, -0.1) is 0 Å². The van der Waals surface area contributed by atoms with E-state index in [4.69, 9.17) is 4.74 Å². The predicted molar refractivity (Wildman–Crippen MR) is 84.2 cm³/mol. The molecule has 0 aromatic heterocycles. The number of aliphatic carboxylic acids is 1. The first-order chi connectivity index (χ1) is 11.0. The Morgan fingerprint density at radius 1 is 1.22 bits per heavy atom. The quantitative estimate of drug-likeness (QED) is 0.828. The van der Waals surface area contributed by atoms with E-state index in [2.05, 4.69) is 21.2 Å². The molecule has 0 bridgehead atoms. The number of carboxylic acid groups (broad SMARTS) is 1. The molecule has 0 saturated carbocycles. The van der Waals surface area contributed by atoms with Gasteiger partial charge in [-0.3, -0.25) is 0 Å². The van der Waals surface area contributed by atoms with Gasteiger partial charge in [0.2, 0.25) is 0 Å². The summed E-state index contributed by atoms with van der Waals surface area (Å²) in [7, 11) is 0. The fourth-order valence-electron chi connectivity index (χ4n) is 1.86. The van der Waals surface area contributed by atoms with Crippen LogP contribution < -0.4 is 5.32 Å². The van der Waals surface area contributed by atoms with Gasteiger partial charge in [-0.2, -0.15) is 0 Å². The minimum absolute atomic E-state index is 0.00765. The van der Waals surface area contributed by atoms with Gasteiger partial charge in [0.25, 0.3) is 0 Å². The number of carbonyl (C=O) groups excluding carboxylic acids is 1. The Balaban J connectivity index is 2.02. The highest BCUT2D eigenvalue weighted by Gasteiger charge is 2.23. The zero-order valence-electron chi connectivity index (χ0n) is 11.8. The molecule has 0 heterocycles. The van der Waals surface area contributed by atoms with Crippen molar-refractivity contribution in [1.29, 1.82) is 0 Å². The van der Waals surface area contributed by atoms with Gasteiger partial charge in [0.15, 0.2) is 6.04 Å². The highest BCUT2D eigenvalue weighted by atomic mass is 79.9. The number of carboxylic acids is 1. The number of ether oxygens (including phenoxy) is 1. The average Bonchev–Trinajstić information content (AvgIpc) is 2.54. The highest BCUT2D eigenvalue weighted by molar-refractivity contribution is 9.10. The van der Waals surface area contributed by atoms with Gasteiger partial charge in [0, 0.05) is 0 Å². The van der Waals surface area contributed by atoms with Gasteiger partial charge in [-0.1, -0.05) is 36.4 Å². The lowest BCUT2D eigenvalue weighted by molar-refractivity contribution is -0.139. The smallest absolute Gasteiger partial charge is 0.408 e. The van der Waals surface area contributed by atoms with Crippen molar-refractivity contribution in [3.05, 3.63) is 69.9 Å². The van der Waals surface area contributed by atoms with Gasteiger partial charge in [0.1, 0.15) is 12.4 Å². The van der Waals surface area contributed by atoms with Crippen LogP contribution >= 0.6 is 15.9 Å². The average molecular weight is 382 g/mol. The zero-order chi connectivity index (χ0) is 16.8. The molecule has 1 atom stereocenters. The molecule has 1 amide bonds. The van der Waals surface area contributed by atoms with E-state index in [1.807, 2.05) is 6.07 Å². The summed E-state index contributed by atoms with van der Waals surface area (Å²) in [6, 6.07) is 11.4. The largest absolute Gasteiger partial charge is 0.479 e. The van der Waals surface area contributed by atoms with Crippen LogP contribution in [-0.4, -0.2) is 17.2 Å². The summed E-state index contributed by atoms with van der Waals surface area (Å²) in [5.74, 6) is -1.93. The van der Waals surface area contributed by atoms with Crippen LogP contribution in [0.5, 0.6) is 0 Å².